The summed E-state index contributed by atoms with van der Waals surface area (Å²) in [6, 6.07) is 73.9. The Hall–Kier alpha value is -7.36. The molecular weight excluding hydrogens is 669 g/mol. The van der Waals surface area contributed by atoms with Crippen LogP contribution in [-0.2, 0) is 0 Å². The maximum absolute atomic E-state index is 6.72. The summed E-state index contributed by atoms with van der Waals surface area (Å²) in [7, 11) is 0. The highest BCUT2D eigenvalue weighted by Gasteiger charge is 2.20. The molecule has 11 rings (SSSR count). The van der Waals surface area contributed by atoms with Crippen LogP contribution in [0.2, 0.25) is 0 Å². The fraction of sp³-hybridized carbons (Fsp3) is 0. The van der Waals surface area contributed by atoms with E-state index in [1.54, 1.807) is 0 Å². The molecule has 0 saturated carbocycles. The molecule has 0 atom stereocenters. The lowest BCUT2D eigenvalue weighted by atomic mass is 9.96. The lowest BCUT2D eigenvalue weighted by Gasteiger charge is -2.28. The Morgan fingerprint density at radius 3 is 1.44 bits per heavy atom. The molecule has 10 aromatic carbocycles. The number of nitrogens with zero attached hydrogens (tertiary/aromatic N) is 2. The van der Waals surface area contributed by atoms with Gasteiger partial charge in [-0.25, -0.2) is 0 Å². The van der Waals surface area contributed by atoms with Gasteiger partial charge in [0, 0.05) is 50.3 Å². The van der Waals surface area contributed by atoms with Gasteiger partial charge in [0.15, 0.2) is 0 Å². The van der Waals surface area contributed by atoms with Crippen molar-refractivity contribution >= 4 is 99.2 Å². The molecule has 0 aliphatic rings. The molecule has 55 heavy (non-hydrogen) atoms. The Bertz CT molecular complexity index is 3160. The molecule has 0 amide bonds. The molecular formula is C52H34N2O. The van der Waals surface area contributed by atoms with E-state index in [0.29, 0.717) is 0 Å². The molecule has 0 bridgehead atoms. The van der Waals surface area contributed by atoms with E-state index in [9.17, 15) is 0 Å². The zero-order valence-corrected chi connectivity index (χ0v) is 29.9. The van der Waals surface area contributed by atoms with E-state index in [1.807, 2.05) is 6.07 Å². The number of furan rings is 1. The minimum absolute atomic E-state index is 0.899. The maximum atomic E-state index is 6.72. The highest BCUT2D eigenvalue weighted by atomic mass is 16.3. The minimum atomic E-state index is 0.899. The van der Waals surface area contributed by atoms with Crippen molar-refractivity contribution in [1.29, 1.82) is 0 Å². The fourth-order valence-corrected chi connectivity index (χ4v) is 8.47. The van der Waals surface area contributed by atoms with Crippen molar-refractivity contribution in [3.05, 3.63) is 206 Å². The second-order valence-corrected chi connectivity index (χ2v) is 14.1. The van der Waals surface area contributed by atoms with Crippen LogP contribution in [0.5, 0.6) is 0 Å². The van der Waals surface area contributed by atoms with Gasteiger partial charge >= 0.3 is 0 Å². The van der Waals surface area contributed by atoms with Crippen LogP contribution in [0.4, 0.5) is 34.1 Å². The highest BCUT2D eigenvalue weighted by Crippen LogP contribution is 2.45. The molecule has 11 aromatic rings. The van der Waals surface area contributed by atoms with Crippen molar-refractivity contribution in [3.63, 3.8) is 0 Å². The Labute approximate surface area is 318 Å². The van der Waals surface area contributed by atoms with Gasteiger partial charge in [-0.3, -0.25) is 0 Å². The van der Waals surface area contributed by atoms with Crippen molar-refractivity contribution in [2.75, 3.05) is 9.80 Å². The standard InChI is InChI=1S/C52H34N2O/c1-3-14-37(15-4-1)53(38-16-5-2-6-17-38)39-25-27-40(28-26-39)54(41-29-31-44-36(33-41)24-23-35-13-7-8-18-43(35)44)42-30-32-46-45-19-9-10-20-47(45)51-48-21-11-12-22-50(48)55-52(51)49(46)34-42/h1-34H. The summed E-state index contributed by atoms with van der Waals surface area (Å²) in [6.07, 6.45) is 0. The van der Waals surface area contributed by atoms with Gasteiger partial charge in [0.1, 0.15) is 11.2 Å². The number of anilines is 6. The molecule has 0 unspecified atom stereocenters. The molecule has 0 N–H and O–H groups in total. The molecule has 0 spiro atoms. The quantitative estimate of drug-likeness (QED) is 0.161. The number of hydrogen-bond donors (Lipinski definition) is 0. The SMILES string of the molecule is c1ccc(N(c2ccccc2)c2ccc(N(c3ccc4c(ccc5ccccc54)c3)c3ccc4c5ccccc5c5c6ccccc6oc5c4c3)cc2)cc1. The average Bonchev–Trinajstić information content (AvgIpc) is 3.65. The summed E-state index contributed by atoms with van der Waals surface area (Å²) in [4.78, 5) is 4.67. The predicted molar refractivity (Wildman–Crippen MR) is 233 cm³/mol. The number of benzene rings is 10. The van der Waals surface area contributed by atoms with Crippen molar-refractivity contribution in [2.45, 2.75) is 0 Å². The molecule has 258 valence electrons. The van der Waals surface area contributed by atoms with Crippen LogP contribution >= 0.6 is 0 Å². The fourth-order valence-electron chi connectivity index (χ4n) is 8.47. The first-order valence-electron chi connectivity index (χ1n) is 18.8. The van der Waals surface area contributed by atoms with Crippen LogP contribution < -0.4 is 9.80 Å². The van der Waals surface area contributed by atoms with E-state index < -0.39 is 0 Å². The van der Waals surface area contributed by atoms with Gasteiger partial charge in [-0.2, -0.15) is 0 Å². The molecule has 1 heterocycles. The van der Waals surface area contributed by atoms with Crippen molar-refractivity contribution in [2.24, 2.45) is 0 Å². The van der Waals surface area contributed by atoms with E-state index in [0.717, 1.165) is 61.4 Å². The second kappa shape index (κ2) is 12.6. The van der Waals surface area contributed by atoms with E-state index >= 15 is 0 Å². The van der Waals surface area contributed by atoms with E-state index in [4.69, 9.17) is 4.42 Å². The Morgan fingerprint density at radius 1 is 0.273 bits per heavy atom. The molecule has 3 nitrogen and oxygen atoms in total. The summed E-state index contributed by atoms with van der Waals surface area (Å²) >= 11 is 0. The third-order valence-electron chi connectivity index (χ3n) is 11.0. The molecule has 0 aliphatic heterocycles. The summed E-state index contributed by atoms with van der Waals surface area (Å²) in [5.74, 6) is 0. The molecule has 0 radical (unpaired) electrons. The van der Waals surface area contributed by atoms with E-state index in [2.05, 4.69) is 210 Å². The van der Waals surface area contributed by atoms with Crippen LogP contribution in [0, 0.1) is 0 Å². The van der Waals surface area contributed by atoms with E-state index in [1.165, 1.54) is 37.7 Å². The lowest BCUT2D eigenvalue weighted by molar-refractivity contribution is 0.673. The first kappa shape index (κ1) is 31.2. The summed E-state index contributed by atoms with van der Waals surface area (Å²) in [5.41, 5.74) is 8.31. The normalized spacial score (nSPS) is 11.6. The van der Waals surface area contributed by atoms with Crippen LogP contribution in [-0.4, -0.2) is 0 Å². The third-order valence-corrected chi connectivity index (χ3v) is 11.0. The Kier molecular flexibility index (Phi) is 7.17. The number of para-hydroxylation sites is 3. The number of rotatable bonds is 6. The summed E-state index contributed by atoms with van der Waals surface area (Å²) in [6.45, 7) is 0. The van der Waals surface area contributed by atoms with Gasteiger partial charge in [-0.15, -0.1) is 0 Å². The molecule has 0 fully saturated rings. The predicted octanol–water partition coefficient (Wildman–Crippen LogP) is 15.1. The van der Waals surface area contributed by atoms with Gasteiger partial charge in [-0.05, 0) is 117 Å². The van der Waals surface area contributed by atoms with Crippen molar-refractivity contribution < 1.29 is 4.42 Å². The van der Waals surface area contributed by atoms with Crippen LogP contribution in [0.3, 0.4) is 0 Å². The van der Waals surface area contributed by atoms with Gasteiger partial charge in [0.2, 0.25) is 0 Å². The van der Waals surface area contributed by atoms with Gasteiger partial charge in [-0.1, -0.05) is 127 Å². The molecule has 0 saturated heterocycles. The zero-order chi connectivity index (χ0) is 36.3. The smallest absolute Gasteiger partial charge is 0.143 e. The van der Waals surface area contributed by atoms with Gasteiger partial charge in [0.05, 0.1) is 0 Å². The maximum Gasteiger partial charge on any atom is 0.143 e. The van der Waals surface area contributed by atoms with Crippen LogP contribution in [0.15, 0.2) is 211 Å². The average molecular weight is 703 g/mol. The van der Waals surface area contributed by atoms with E-state index in [-0.39, 0.29) is 0 Å². The first-order chi connectivity index (χ1) is 27.3. The summed E-state index contributed by atoms with van der Waals surface area (Å²) < 4.78 is 6.72. The lowest BCUT2D eigenvalue weighted by Crippen LogP contribution is -2.12. The second-order valence-electron chi connectivity index (χ2n) is 14.1. The summed E-state index contributed by atoms with van der Waals surface area (Å²) in [5, 5.41) is 11.9. The number of fused-ring (bicyclic) bond motifs is 11. The van der Waals surface area contributed by atoms with Gasteiger partial charge < -0.3 is 14.2 Å². The van der Waals surface area contributed by atoms with Crippen LogP contribution in [0.1, 0.15) is 0 Å². The topological polar surface area (TPSA) is 19.6 Å². The third kappa shape index (κ3) is 5.13. The largest absolute Gasteiger partial charge is 0.455 e. The first-order valence-corrected chi connectivity index (χ1v) is 18.8. The monoisotopic (exact) mass is 702 g/mol. The van der Waals surface area contributed by atoms with Crippen molar-refractivity contribution in [1.82, 2.24) is 0 Å². The molecule has 1 aromatic heterocycles. The zero-order valence-electron chi connectivity index (χ0n) is 29.9. The van der Waals surface area contributed by atoms with Crippen LogP contribution in [0.25, 0.3) is 65.0 Å². The van der Waals surface area contributed by atoms with Gasteiger partial charge in [0.25, 0.3) is 0 Å². The minimum Gasteiger partial charge on any atom is -0.455 e. The number of hydrogen-bond acceptors (Lipinski definition) is 3. The highest BCUT2D eigenvalue weighted by molar-refractivity contribution is 6.30. The molecule has 3 heteroatoms. The molecule has 0 aliphatic carbocycles. The Morgan fingerprint density at radius 2 is 0.727 bits per heavy atom. The van der Waals surface area contributed by atoms with Crippen molar-refractivity contribution in [3.8, 4) is 0 Å². The Balaban J connectivity index is 1.13.